The molecule has 0 radical (unpaired) electrons. The van der Waals surface area contributed by atoms with Gasteiger partial charge in [0.1, 0.15) is 11.5 Å². The lowest BCUT2D eigenvalue weighted by molar-refractivity contribution is -0.139. The third-order valence-corrected chi connectivity index (χ3v) is 5.38. The van der Waals surface area contributed by atoms with Crippen LogP contribution in [-0.2, 0) is 9.59 Å². The maximum Gasteiger partial charge on any atom is 0.295 e. The van der Waals surface area contributed by atoms with E-state index < -0.39 is 17.7 Å². The van der Waals surface area contributed by atoms with Gasteiger partial charge in [0.2, 0.25) is 0 Å². The van der Waals surface area contributed by atoms with E-state index in [9.17, 15) is 14.7 Å². The number of ketones is 1. The number of hydrogen-bond donors (Lipinski definition) is 1. The van der Waals surface area contributed by atoms with Crippen LogP contribution in [0.2, 0.25) is 5.02 Å². The Kier molecular flexibility index (Phi) is 6.75. The Morgan fingerprint density at radius 2 is 1.77 bits per heavy atom. The number of aliphatic hydroxyl groups is 1. The number of carbonyl (C=O) groups excluding carboxylic acids is 2. The smallest absolute Gasteiger partial charge is 0.295 e. The molecule has 1 unspecified atom stereocenters. The van der Waals surface area contributed by atoms with Crippen LogP contribution < -0.4 is 14.2 Å². The summed E-state index contributed by atoms with van der Waals surface area (Å²) in [6.07, 6.45) is 0.621. The van der Waals surface area contributed by atoms with Crippen molar-refractivity contribution in [2.75, 3.05) is 27.9 Å². The summed E-state index contributed by atoms with van der Waals surface area (Å²) < 4.78 is 16.3. The molecule has 164 valence electrons. The molecular weight excluding hydrogens is 422 g/mol. The Morgan fingerprint density at radius 3 is 2.39 bits per heavy atom. The van der Waals surface area contributed by atoms with E-state index in [2.05, 4.69) is 0 Å². The third-order valence-electron chi connectivity index (χ3n) is 5.15. The Bertz CT molecular complexity index is 1050. The van der Waals surface area contributed by atoms with E-state index in [4.69, 9.17) is 25.8 Å². The van der Waals surface area contributed by atoms with Gasteiger partial charge < -0.3 is 24.2 Å². The molecule has 0 bridgehead atoms. The van der Waals surface area contributed by atoms with E-state index in [-0.39, 0.29) is 16.9 Å². The number of likely N-dealkylation sites (tertiary alicyclic amines) is 1. The number of carbonyl (C=O) groups is 2. The van der Waals surface area contributed by atoms with Gasteiger partial charge in [0.25, 0.3) is 11.7 Å². The molecule has 8 heteroatoms. The van der Waals surface area contributed by atoms with E-state index in [1.54, 1.807) is 30.3 Å². The monoisotopic (exact) mass is 445 g/mol. The molecule has 1 heterocycles. The molecule has 0 saturated carbocycles. The van der Waals surface area contributed by atoms with Crippen molar-refractivity contribution in [3.8, 4) is 17.2 Å². The van der Waals surface area contributed by atoms with E-state index >= 15 is 0 Å². The second-order valence-corrected chi connectivity index (χ2v) is 7.36. The molecule has 1 aliphatic rings. The first-order chi connectivity index (χ1) is 14.9. The minimum Gasteiger partial charge on any atom is -0.507 e. The summed E-state index contributed by atoms with van der Waals surface area (Å²) >= 11 is 6.12. The van der Waals surface area contributed by atoms with Gasteiger partial charge in [-0.1, -0.05) is 30.7 Å². The molecule has 1 N–H and O–H groups in total. The van der Waals surface area contributed by atoms with Gasteiger partial charge in [0, 0.05) is 17.1 Å². The minimum absolute atomic E-state index is 0.0643. The van der Waals surface area contributed by atoms with Gasteiger partial charge in [-0.2, -0.15) is 0 Å². The fraction of sp³-hybridized carbons (Fsp3) is 0.304. The van der Waals surface area contributed by atoms with E-state index in [0.29, 0.717) is 40.8 Å². The van der Waals surface area contributed by atoms with Crippen LogP contribution in [0.3, 0.4) is 0 Å². The highest BCUT2D eigenvalue weighted by Gasteiger charge is 2.47. The molecule has 1 saturated heterocycles. The number of aliphatic hydroxyl groups excluding tert-OH is 1. The maximum absolute atomic E-state index is 13.1. The van der Waals surface area contributed by atoms with Gasteiger partial charge in [-0.3, -0.25) is 9.59 Å². The molecule has 0 aromatic heterocycles. The highest BCUT2D eigenvalue weighted by atomic mass is 35.5. The predicted octanol–water partition coefficient (Wildman–Crippen LogP) is 4.20. The van der Waals surface area contributed by atoms with Crippen molar-refractivity contribution in [3.63, 3.8) is 0 Å². The summed E-state index contributed by atoms with van der Waals surface area (Å²) in [5, 5.41) is 11.6. The summed E-state index contributed by atoms with van der Waals surface area (Å²) in [5.74, 6) is -0.711. The molecule has 1 fully saturated rings. The summed E-state index contributed by atoms with van der Waals surface area (Å²) in [6, 6.07) is 9.01. The quantitative estimate of drug-likeness (QED) is 0.390. The number of para-hydroxylation sites is 1. The lowest BCUT2D eigenvalue weighted by Crippen LogP contribution is -2.30. The van der Waals surface area contributed by atoms with Crippen molar-refractivity contribution in [1.29, 1.82) is 0 Å². The van der Waals surface area contributed by atoms with Crippen LogP contribution in [0.25, 0.3) is 5.76 Å². The number of methoxy groups -OCH3 is 3. The Labute approximate surface area is 185 Å². The first-order valence-electron chi connectivity index (χ1n) is 9.72. The van der Waals surface area contributed by atoms with Crippen LogP contribution in [-0.4, -0.2) is 49.6 Å². The molecule has 1 amide bonds. The number of nitrogens with zero attached hydrogens (tertiary/aromatic N) is 1. The standard InChI is InChI=1S/C23H24ClNO6/c1-5-11-25-19(14-7-6-8-17(30-3)22(14)31-4)18(21(27)23(25)28)20(26)15-12-13(24)9-10-16(15)29-2/h6-10,12,19,26H,5,11H2,1-4H3/b20-18+. The molecule has 7 nitrogen and oxygen atoms in total. The number of ether oxygens (including phenoxy) is 3. The zero-order valence-electron chi connectivity index (χ0n) is 17.8. The Morgan fingerprint density at radius 1 is 1.06 bits per heavy atom. The minimum atomic E-state index is -0.867. The van der Waals surface area contributed by atoms with Gasteiger partial charge in [-0.25, -0.2) is 0 Å². The molecule has 1 aliphatic heterocycles. The lowest BCUT2D eigenvalue weighted by atomic mass is 9.94. The van der Waals surface area contributed by atoms with Crippen molar-refractivity contribution < 1.29 is 28.9 Å². The van der Waals surface area contributed by atoms with Crippen LogP contribution in [0.15, 0.2) is 42.0 Å². The van der Waals surface area contributed by atoms with Gasteiger partial charge in [-0.15, -0.1) is 0 Å². The second kappa shape index (κ2) is 9.31. The molecule has 0 spiro atoms. The average Bonchev–Trinajstić information content (AvgIpc) is 3.03. The average molecular weight is 446 g/mol. The molecule has 2 aromatic carbocycles. The predicted molar refractivity (Wildman–Crippen MR) is 117 cm³/mol. The van der Waals surface area contributed by atoms with Crippen molar-refractivity contribution >= 4 is 29.1 Å². The SMILES string of the molecule is CCCN1C(=O)C(=O)/C(=C(/O)c2cc(Cl)ccc2OC)C1c1cccc(OC)c1OC. The second-order valence-electron chi connectivity index (χ2n) is 6.92. The van der Waals surface area contributed by atoms with Gasteiger partial charge in [0.05, 0.1) is 38.5 Å². The van der Waals surface area contributed by atoms with Crippen LogP contribution in [0, 0.1) is 0 Å². The molecule has 2 aromatic rings. The number of halogens is 1. The highest BCUT2D eigenvalue weighted by molar-refractivity contribution is 6.46. The number of benzene rings is 2. The zero-order chi connectivity index (χ0) is 22.7. The van der Waals surface area contributed by atoms with Crippen molar-refractivity contribution in [3.05, 3.63) is 58.1 Å². The third kappa shape index (κ3) is 3.93. The van der Waals surface area contributed by atoms with Crippen molar-refractivity contribution in [2.24, 2.45) is 0 Å². The Balaban J connectivity index is 2.33. The van der Waals surface area contributed by atoms with E-state index in [1.165, 1.54) is 32.3 Å². The molecule has 31 heavy (non-hydrogen) atoms. The van der Waals surface area contributed by atoms with Crippen LogP contribution in [0.4, 0.5) is 0 Å². The first-order valence-corrected chi connectivity index (χ1v) is 10.1. The molecule has 0 aliphatic carbocycles. The zero-order valence-corrected chi connectivity index (χ0v) is 18.5. The number of hydrogen-bond acceptors (Lipinski definition) is 6. The van der Waals surface area contributed by atoms with Crippen LogP contribution in [0.5, 0.6) is 17.2 Å². The maximum atomic E-state index is 13.1. The number of amides is 1. The van der Waals surface area contributed by atoms with E-state index in [0.717, 1.165) is 0 Å². The lowest BCUT2D eigenvalue weighted by Gasteiger charge is -2.27. The van der Waals surface area contributed by atoms with Gasteiger partial charge in [0.15, 0.2) is 11.5 Å². The molecule has 3 rings (SSSR count). The van der Waals surface area contributed by atoms with Crippen LogP contribution >= 0.6 is 11.6 Å². The molecule has 1 atom stereocenters. The first kappa shape index (κ1) is 22.5. The number of Topliss-reactive ketones (excluding diaryl/α,β-unsaturated/α-hetero) is 1. The molecular formula is C23H24ClNO6. The van der Waals surface area contributed by atoms with Crippen molar-refractivity contribution in [2.45, 2.75) is 19.4 Å². The van der Waals surface area contributed by atoms with Gasteiger partial charge >= 0.3 is 0 Å². The fourth-order valence-electron chi connectivity index (χ4n) is 3.81. The normalized spacial score (nSPS) is 17.7. The summed E-state index contributed by atoms with van der Waals surface area (Å²) in [5.41, 5.74) is 0.680. The summed E-state index contributed by atoms with van der Waals surface area (Å²) in [6.45, 7) is 2.22. The van der Waals surface area contributed by atoms with Crippen LogP contribution in [0.1, 0.15) is 30.5 Å². The summed E-state index contributed by atoms with van der Waals surface area (Å²) in [4.78, 5) is 27.4. The van der Waals surface area contributed by atoms with Gasteiger partial charge in [-0.05, 0) is 30.7 Å². The van der Waals surface area contributed by atoms with E-state index in [1.807, 2.05) is 6.92 Å². The fourth-order valence-corrected chi connectivity index (χ4v) is 3.98. The largest absolute Gasteiger partial charge is 0.507 e. The summed E-state index contributed by atoms with van der Waals surface area (Å²) in [7, 11) is 4.42. The van der Waals surface area contributed by atoms with Crippen molar-refractivity contribution in [1.82, 2.24) is 4.90 Å². The topological polar surface area (TPSA) is 85.3 Å². The Hall–Kier alpha value is -3.19. The number of rotatable bonds is 7. The highest BCUT2D eigenvalue weighted by Crippen LogP contribution is 2.46.